The Hall–Kier alpha value is -2.61. The Balaban J connectivity index is 1.41. The highest BCUT2D eigenvalue weighted by atomic mass is 16.5. The maximum Gasteiger partial charge on any atom is 0.258 e. The van der Waals surface area contributed by atoms with Crippen LogP contribution in [0.4, 0.5) is 0 Å². The predicted octanol–water partition coefficient (Wildman–Crippen LogP) is 3.60. The molecule has 7 rings (SSSR count). The first kappa shape index (κ1) is 21.9. The highest BCUT2D eigenvalue weighted by Gasteiger charge is 2.58. The number of benzene rings is 1. The van der Waals surface area contributed by atoms with Gasteiger partial charge in [0.15, 0.2) is 0 Å². The second-order valence-corrected chi connectivity index (χ2v) is 11.7. The first-order valence-corrected chi connectivity index (χ1v) is 12.1. The summed E-state index contributed by atoms with van der Waals surface area (Å²) in [7, 11) is 2.07. The molecule has 1 aromatic carbocycles. The molecular weight excluding hydrogens is 428 g/mol. The summed E-state index contributed by atoms with van der Waals surface area (Å²) < 4.78 is 5.26. The average molecular weight is 461 g/mol. The van der Waals surface area contributed by atoms with Crippen LogP contribution >= 0.6 is 0 Å². The van der Waals surface area contributed by atoms with Gasteiger partial charge in [0.25, 0.3) is 5.89 Å². The van der Waals surface area contributed by atoms with E-state index >= 15 is 0 Å². The molecule has 2 N–H and O–H groups in total. The van der Waals surface area contributed by atoms with Crippen LogP contribution in [0.5, 0.6) is 0 Å². The summed E-state index contributed by atoms with van der Waals surface area (Å²) >= 11 is 0. The fourth-order valence-electron chi connectivity index (χ4n) is 6.48. The van der Waals surface area contributed by atoms with Crippen molar-refractivity contribution in [2.75, 3.05) is 20.1 Å². The second kappa shape index (κ2) is 6.97. The van der Waals surface area contributed by atoms with Crippen LogP contribution in [0.25, 0.3) is 11.4 Å². The minimum absolute atomic E-state index is 0.139. The van der Waals surface area contributed by atoms with Gasteiger partial charge in [-0.1, -0.05) is 36.3 Å². The highest BCUT2D eigenvalue weighted by molar-refractivity contribution is 5.56. The lowest BCUT2D eigenvalue weighted by molar-refractivity contribution is -0.127. The number of hydrogen-bond donors (Lipinski definition) is 2. The number of aromatic nitrogens is 3. The Labute approximate surface area is 199 Å². The summed E-state index contributed by atoms with van der Waals surface area (Å²) in [6, 6.07) is 10.5. The lowest BCUT2D eigenvalue weighted by atomic mass is 9.42. The molecule has 7 heteroatoms. The smallest absolute Gasteiger partial charge is 0.258 e. The molecule has 2 bridgehead atoms. The Kier molecular flexibility index (Phi) is 4.48. The van der Waals surface area contributed by atoms with Crippen molar-refractivity contribution in [3.8, 4) is 11.4 Å². The fourth-order valence-corrected chi connectivity index (χ4v) is 6.48. The van der Waals surface area contributed by atoms with Gasteiger partial charge in [-0.3, -0.25) is 4.98 Å². The monoisotopic (exact) mass is 460 g/mol. The SMILES string of the molecule is CN1CC(C)(C(O)(c2ccc(C34CC(C3)C4)cc2)c2cncc(-c3noc(C(C)(C)O)n3)c2)C1. The van der Waals surface area contributed by atoms with Crippen molar-refractivity contribution in [3.63, 3.8) is 0 Å². The van der Waals surface area contributed by atoms with Crippen LogP contribution in [0.3, 0.4) is 0 Å². The standard InChI is InChI=1S/C27H32N4O3/c1-24(2,32)23-29-22(30-34-23)18-9-21(14-28-13-18)27(33,25(3)15-31(4)16-25)20-7-5-19(6-8-20)26-10-17(11-26)12-26/h5-9,13-14,17,32-33H,10-12,15-16H2,1-4H3. The van der Waals surface area contributed by atoms with Crippen molar-refractivity contribution in [1.29, 1.82) is 0 Å². The van der Waals surface area contributed by atoms with Crippen molar-refractivity contribution in [1.82, 2.24) is 20.0 Å². The molecule has 3 heterocycles. The molecule has 34 heavy (non-hydrogen) atoms. The van der Waals surface area contributed by atoms with E-state index in [0.29, 0.717) is 22.4 Å². The zero-order valence-electron chi connectivity index (χ0n) is 20.2. The van der Waals surface area contributed by atoms with E-state index in [1.165, 1.54) is 24.8 Å². The largest absolute Gasteiger partial charge is 0.381 e. The Morgan fingerprint density at radius 1 is 1.03 bits per heavy atom. The maximum atomic E-state index is 12.5. The van der Waals surface area contributed by atoms with Crippen LogP contribution in [-0.2, 0) is 16.6 Å². The van der Waals surface area contributed by atoms with Gasteiger partial charge >= 0.3 is 0 Å². The van der Waals surface area contributed by atoms with Gasteiger partial charge in [0, 0.05) is 42.0 Å². The number of rotatable bonds is 6. The fraction of sp³-hybridized carbons (Fsp3) is 0.519. The Bertz CT molecular complexity index is 1220. The molecule has 7 nitrogen and oxygen atoms in total. The molecule has 4 fully saturated rings. The topological polar surface area (TPSA) is 95.5 Å². The molecule has 1 unspecified atom stereocenters. The number of hydrogen-bond acceptors (Lipinski definition) is 7. The van der Waals surface area contributed by atoms with E-state index < -0.39 is 11.2 Å². The third-order valence-corrected chi connectivity index (χ3v) is 8.43. The molecule has 0 spiro atoms. The lowest BCUT2D eigenvalue weighted by Gasteiger charge is -2.62. The van der Waals surface area contributed by atoms with E-state index in [-0.39, 0.29) is 11.3 Å². The van der Waals surface area contributed by atoms with Gasteiger partial charge in [-0.25, -0.2) is 0 Å². The average Bonchev–Trinajstić information content (AvgIpc) is 3.21. The van der Waals surface area contributed by atoms with Crippen LogP contribution in [0.1, 0.15) is 62.6 Å². The summed E-state index contributed by atoms with van der Waals surface area (Å²) in [5, 5.41) is 26.7. The molecule has 3 aliphatic carbocycles. The Morgan fingerprint density at radius 3 is 2.24 bits per heavy atom. The van der Waals surface area contributed by atoms with Crippen molar-refractivity contribution < 1.29 is 14.7 Å². The maximum absolute atomic E-state index is 12.5. The molecular formula is C27H32N4O3. The molecule has 3 aromatic rings. The molecule has 4 aliphatic rings. The van der Waals surface area contributed by atoms with E-state index in [1.807, 2.05) is 6.07 Å². The third-order valence-electron chi connectivity index (χ3n) is 8.43. The molecule has 0 radical (unpaired) electrons. The highest BCUT2D eigenvalue weighted by Crippen LogP contribution is 2.65. The first-order chi connectivity index (χ1) is 16.0. The summed E-state index contributed by atoms with van der Waals surface area (Å²) in [6.45, 7) is 6.87. The quantitative estimate of drug-likeness (QED) is 0.580. The summed E-state index contributed by atoms with van der Waals surface area (Å²) in [6.07, 6.45) is 7.32. The molecule has 3 saturated carbocycles. The van der Waals surface area contributed by atoms with Crippen molar-refractivity contribution in [2.24, 2.45) is 11.3 Å². The van der Waals surface area contributed by atoms with Gasteiger partial charge < -0.3 is 19.6 Å². The van der Waals surface area contributed by atoms with Crippen LogP contribution in [-0.4, -0.2) is 50.4 Å². The van der Waals surface area contributed by atoms with E-state index in [4.69, 9.17) is 4.52 Å². The minimum atomic E-state index is -1.23. The third kappa shape index (κ3) is 3.03. The van der Waals surface area contributed by atoms with E-state index in [2.05, 4.69) is 58.3 Å². The molecule has 1 aliphatic heterocycles. The molecule has 2 aromatic heterocycles. The molecule has 1 atom stereocenters. The lowest BCUT2D eigenvalue weighted by Crippen LogP contribution is -2.63. The number of aliphatic hydroxyl groups is 2. The van der Waals surface area contributed by atoms with Crippen LogP contribution < -0.4 is 0 Å². The molecule has 1 saturated heterocycles. The number of pyridine rings is 1. The first-order valence-electron chi connectivity index (χ1n) is 12.1. The van der Waals surface area contributed by atoms with Crippen LogP contribution in [0.2, 0.25) is 0 Å². The normalized spacial score (nSPS) is 27.3. The summed E-state index contributed by atoms with van der Waals surface area (Å²) in [5.41, 5.74) is 1.16. The van der Waals surface area contributed by atoms with Gasteiger partial charge in [0.1, 0.15) is 11.2 Å². The number of nitrogens with zero attached hydrogens (tertiary/aromatic N) is 4. The van der Waals surface area contributed by atoms with Gasteiger partial charge in [0.2, 0.25) is 5.82 Å². The number of likely N-dealkylation sites (tertiary alicyclic amines) is 1. The molecule has 178 valence electrons. The van der Waals surface area contributed by atoms with Crippen molar-refractivity contribution in [3.05, 3.63) is 65.3 Å². The van der Waals surface area contributed by atoms with Crippen molar-refractivity contribution >= 4 is 0 Å². The van der Waals surface area contributed by atoms with Gasteiger partial charge in [-0.15, -0.1) is 0 Å². The summed E-state index contributed by atoms with van der Waals surface area (Å²) in [5.74, 6) is 1.40. The van der Waals surface area contributed by atoms with E-state index in [1.54, 1.807) is 26.2 Å². The Morgan fingerprint density at radius 2 is 1.71 bits per heavy atom. The van der Waals surface area contributed by atoms with Gasteiger partial charge in [-0.2, -0.15) is 4.98 Å². The zero-order valence-corrected chi connectivity index (χ0v) is 20.2. The van der Waals surface area contributed by atoms with Crippen LogP contribution in [0.15, 0.2) is 47.2 Å². The molecule has 0 amide bonds. The van der Waals surface area contributed by atoms with E-state index in [0.717, 1.165) is 24.6 Å². The van der Waals surface area contributed by atoms with Crippen molar-refractivity contribution in [2.45, 2.75) is 56.7 Å². The second-order valence-electron chi connectivity index (χ2n) is 11.7. The predicted molar refractivity (Wildman–Crippen MR) is 127 cm³/mol. The van der Waals surface area contributed by atoms with E-state index in [9.17, 15) is 10.2 Å². The van der Waals surface area contributed by atoms with Gasteiger partial charge in [-0.05, 0) is 68.7 Å². The van der Waals surface area contributed by atoms with Crippen LogP contribution in [0, 0.1) is 11.3 Å². The zero-order chi connectivity index (χ0) is 23.9. The summed E-state index contributed by atoms with van der Waals surface area (Å²) in [4.78, 5) is 11.0. The van der Waals surface area contributed by atoms with Gasteiger partial charge in [0.05, 0.1) is 0 Å². The minimum Gasteiger partial charge on any atom is -0.381 e.